The molecular formula is C14H24N2O. The molecule has 1 rings (SSSR count). The second-order valence-corrected chi connectivity index (χ2v) is 4.72. The molecule has 0 bridgehead atoms. The maximum atomic E-state index is 5.61. The van der Waals surface area contributed by atoms with Crippen LogP contribution in [0, 0.1) is 5.92 Å². The first-order chi connectivity index (χ1) is 8.15. The summed E-state index contributed by atoms with van der Waals surface area (Å²) in [6.07, 6.45) is 1.15. The molecule has 0 saturated carbocycles. The van der Waals surface area contributed by atoms with Crippen molar-refractivity contribution in [2.75, 3.05) is 27.2 Å². The molecule has 3 heteroatoms. The van der Waals surface area contributed by atoms with E-state index in [9.17, 15) is 0 Å². The Kier molecular flexibility index (Phi) is 6.01. The SMILES string of the molecule is COc1cccc(CN(C)CCC(C)CN)c1. The van der Waals surface area contributed by atoms with E-state index in [1.165, 1.54) is 5.56 Å². The van der Waals surface area contributed by atoms with Gasteiger partial charge in [-0.15, -0.1) is 0 Å². The second kappa shape index (κ2) is 7.30. The first-order valence-electron chi connectivity index (χ1n) is 6.17. The molecule has 0 fully saturated rings. The van der Waals surface area contributed by atoms with Crippen LogP contribution in [-0.2, 0) is 6.54 Å². The number of hydrogen-bond acceptors (Lipinski definition) is 3. The van der Waals surface area contributed by atoms with Crippen LogP contribution < -0.4 is 10.5 Å². The molecule has 0 spiro atoms. The van der Waals surface area contributed by atoms with Crippen LogP contribution in [0.2, 0.25) is 0 Å². The van der Waals surface area contributed by atoms with Gasteiger partial charge in [0.25, 0.3) is 0 Å². The minimum atomic E-state index is 0.600. The second-order valence-electron chi connectivity index (χ2n) is 4.72. The van der Waals surface area contributed by atoms with Crippen molar-refractivity contribution in [3.63, 3.8) is 0 Å². The molecule has 96 valence electrons. The van der Waals surface area contributed by atoms with Gasteiger partial charge in [0.15, 0.2) is 0 Å². The van der Waals surface area contributed by atoms with Gasteiger partial charge in [0.2, 0.25) is 0 Å². The van der Waals surface area contributed by atoms with E-state index in [-0.39, 0.29) is 0 Å². The number of nitrogens with zero attached hydrogens (tertiary/aromatic N) is 1. The summed E-state index contributed by atoms with van der Waals surface area (Å²) in [4.78, 5) is 2.32. The lowest BCUT2D eigenvalue weighted by molar-refractivity contribution is 0.299. The van der Waals surface area contributed by atoms with Crippen molar-refractivity contribution in [3.8, 4) is 5.75 Å². The van der Waals surface area contributed by atoms with Crippen molar-refractivity contribution in [1.29, 1.82) is 0 Å². The lowest BCUT2D eigenvalue weighted by Crippen LogP contribution is -2.23. The fraction of sp³-hybridized carbons (Fsp3) is 0.571. The van der Waals surface area contributed by atoms with E-state index in [1.54, 1.807) is 7.11 Å². The largest absolute Gasteiger partial charge is 0.497 e. The number of ether oxygens (including phenoxy) is 1. The van der Waals surface area contributed by atoms with Crippen molar-refractivity contribution in [1.82, 2.24) is 4.90 Å². The van der Waals surface area contributed by atoms with Crippen molar-refractivity contribution < 1.29 is 4.74 Å². The van der Waals surface area contributed by atoms with Crippen LogP contribution in [0.15, 0.2) is 24.3 Å². The highest BCUT2D eigenvalue weighted by molar-refractivity contribution is 5.28. The Hall–Kier alpha value is -1.06. The number of nitrogens with two attached hydrogens (primary N) is 1. The molecule has 1 aromatic rings. The lowest BCUT2D eigenvalue weighted by Gasteiger charge is -2.19. The average Bonchev–Trinajstić information content (AvgIpc) is 2.36. The average molecular weight is 236 g/mol. The van der Waals surface area contributed by atoms with E-state index >= 15 is 0 Å². The van der Waals surface area contributed by atoms with Crippen LogP contribution in [0.1, 0.15) is 18.9 Å². The molecule has 3 nitrogen and oxygen atoms in total. The van der Waals surface area contributed by atoms with Crippen LogP contribution in [0.3, 0.4) is 0 Å². The van der Waals surface area contributed by atoms with Gasteiger partial charge in [0.1, 0.15) is 5.75 Å². The minimum Gasteiger partial charge on any atom is -0.497 e. The predicted molar refractivity (Wildman–Crippen MR) is 72.2 cm³/mol. The molecule has 2 N–H and O–H groups in total. The summed E-state index contributed by atoms with van der Waals surface area (Å²) in [6, 6.07) is 8.22. The van der Waals surface area contributed by atoms with Gasteiger partial charge < -0.3 is 15.4 Å². The van der Waals surface area contributed by atoms with Crippen molar-refractivity contribution in [2.24, 2.45) is 11.7 Å². The summed E-state index contributed by atoms with van der Waals surface area (Å²) < 4.78 is 5.22. The minimum absolute atomic E-state index is 0.600. The Labute approximate surface area is 105 Å². The summed E-state index contributed by atoms with van der Waals surface area (Å²) in [5.74, 6) is 1.52. The molecule has 0 radical (unpaired) electrons. The van der Waals surface area contributed by atoms with Gasteiger partial charge in [-0.1, -0.05) is 19.1 Å². The molecule has 0 aromatic heterocycles. The molecule has 0 amide bonds. The maximum absolute atomic E-state index is 5.61. The van der Waals surface area contributed by atoms with Crippen LogP contribution >= 0.6 is 0 Å². The molecule has 0 aliphatic carbocycles. The summed E-state index contributed by atoms with van der Waals surface area (Å²) in [7, 11) is 3.84. The standard InChI is InChI=1S/C14H24N2O/c1-12(10-15)7-8-16(2)11-13-5-4-6-14(9-13)17-3/h4-6,9,12H,7-8,10-11,15H2,1-3H3. The number of benzene rings is 1. The molecule has 0 aliphatic heterocycles. The first kappa shape index (κ1) is 14.0. The Morgan fingerprint density at radius 2 is 2.18 bits per heavy atom. The number of rotatable bonds is 7. The zero-order chi connectivity index (χ0) is 12.7. The monoisotopic (exact) mass is 236 g/mol. The first-order valence-corrected chi connectivity index (χ1v) is 6.17. The Balaban J connectivity index is 2.41. The Morgan fingerprint density at radius 1 is 1.41 bits per heavy atom. The summed E-state index contributed by atoms with van der Waals surface area (Å²) in [6.45, 7) is 5.00. The fourth-order valence-electron chi connectivity index (χ4n) is 1.72. The van der Waals surface area contributed by atoms with E-state index < -0.39 is 0 Å². The molecule has 1 aromatic carbocycles. The van der Waals surface area contributed by atoms with Gasteiger partial charge in [-0.3, -0.25) is 0 Å². The van der Waals surface area contributed by atoms with Crippen molar-refractivity contribution in [2.45, 2.75) is 19.9 Å². The van der Waals surface area contributed by atoms with Gasteiger partial charge in [-0.25, -0.2) is 0 Å². The molecule has 1 unspecified atom stereocenters. The molecular weight excluding hydrogens is 212 g/mol. The van der Waals surface area contributed by atoms with Crippen LogP contribution in [0.25, 0.3) is 0 Å². The van der Waals surface area contributed by atoms with Crippen molar-refractivity contribution >= 4 is 0 Å². The quantitative estimate of drug-likeness (QED) is 0.788. The lowest BCUT2D eigenvalue weighted by atomic mass is 10.1. The Bertz CT molecular complexity index is 328. The van der Waals surface area contributed by atoms with E-state index in [1.807, 2.05) is 12.1 Å². The molecule has 17 heavy (non-hydrogen) atoms. The Morgan fingerprint density at radius 3 is 2.82 bits per heavy atom. The fourth-order valence-corrected chi connectivity index (χ4v) is 1.72. The van der Waals surface area contributed by atoms with E-state index in [2.05, 4.69) is 31.0 Å². The van der Waals surface area contributed by atoms with E-state index in [4.69, 9.17) is 10.5 Å². The zero-order valence-electron chi connectivity index (χ0n) is 11.1. The molecule has 0 saturated heterocycles. The zero-order valence-corrected chi connectivity index (χ0v) is 11.1. The van der Waals surface area contributed by atoms with E-state index in [0.717, 1.165) is 31.8 Å². The summed E-state index contributed by atoms with van der Waals surface area (Å²) in [5, 5.41) is 0. The van der Waals surface area contributed by atoms with Crippen LogP contribution in [0.5, 0.6) is 5.75 Å². The summed E-state index contributed by atoms with van der Waals surface area (Å²) in [5.41, 5.74) is 6.90. The molecule has 1 atom stereocenters. The molecule has 0 heterocycles. The normalized spacial score (nSPS) is 12.8. The highest BCUT2D eigenvalue weighted by Gasteiger charge is 2.04. The van der Waals surface area contributed by atoms with Gasteiger partial charge >= 0.3 is 0 Å². The number of methoxy groups -OCH3 is 1. The highest BCUT2D eigenvalue weighted by Crippen LogP contribution is 2.14. The predicted octanol–water partition coefficient (Wildman–Crippen LogP) is 2.11. The summed E-state index contributed by atoms with van der Waals surface area (Å²) >= 11 is 0. The van der Waals surface area contributed by atoms with Crippen LogP contribution in [-0.4, -0.2) is 32.1 Å². The maximum Gasteiger partial charge on any atom is 0.119 e. The topological polar surface area (TPSA) is 38.5 Å². The van der Waals surface area contributed by atoms with Crippen LogP contribution in [0.4, 0.5) is 0 Å². The van der Waals surface area contributed by atoms with Gasteiger partial charge in [0.05, 0.1) is 7.11 Å². The van der Waals surface area contributed by atoms with Gasteiger partial charge in [-0.05, 0) is 50.2 Å². The third-order valence-corrected chi connectivity index (χ3v) is 2.99. The van der Waals surface area contributed by atoms with Gasteiger partial charge in [0, 0.05) is 6.54 Å². The third kappa shape index (κ3) is 5.20. The molecule has 0 aliphatic rings. The third-order valence-electron chi connectivity index (χ3n) is 2.99. The van der Waals surface area contributed by atoms with Crippen molar-refractivity contribution in [3.05, 3.63) is 29.8 Å². The smallest absolute Gasteiger partial charge is 0.119 e. The highest BCUT2D eigenvalue weighted by atomic mass is 16.5. The van der Waals surface area contributed by atoms with Gasteiger partial charge in [-0.2, -0.15) is 0 Å². The number of hydrogen-bond donors (Lipinski definition) is 1. The van der Waals surface area contributed by atoms with E-state index in [0.29, 0.717) is 5.92 Å².